The number of allylic oxidation sites excluding steroid dienone is 3. The van der Waals surface area contributed by atoms with Gasteiger partial charge in [0.15, 0.2) is 0 Å². The summed E-state index contributed by atoms with van der Waals surface area (Å²) in [7, 11) is 0. The molecule has 0 aromatic heterocycles. The van der Waals surface area contributed by atoms with E-state index in [2.05, 4.69) is 18.7 Å². The highest BCUT2D eigenvalue weighted by atomic mass is 14.5. The predicted molar refractivity (Wildman–Crippen MR) is 51.5 cm³/mol. The zero-order chi connectivity index (χ0) is 8.36. The van der Waals surface area contributed by atoms with E-state index in [9.17, 15) is 0 Å². The van der Waals surface area contributed by atoms with Crippen LogP contribution >= 0.6 is 0 Å². The van der Waals surface area contributed by atoms with Gasteiger partial charge in [0, 0.05) is 0 Å². The Labute approximate surface area is 70.0 Å². The molecule has 0 spiro atoms. The number of unbranched alkanes of at least 4 members (excludes halogenated alkanes) is 3. The summed E-state index contributed by atoms with van der Waals surface area (Å²) in [5, 5.41) is 0. The Morgan fingerprint density at radius 2 is 1.73 bits per heavy atom. The van der Waals surface area contributed by atoms with Crippen LogP contribution in [0.2, 0.25) is 0 Å². The number of nitrogens with two attached hydrogens (primary N) is 1. The van der Waals surface area contributed by atoms with Crippen LogP contribution in [0.25, 0.3) is 0 Å². The third-order valence-electron chi connectivity index (χ3n) is 1.53. The quantitative estimate of drug-likeness (QED) is 0.441. The average Bonchev–Trinajstić information content (AvgIpc) is 2.03. The van der Waals surface area contributed by atoms with Crippen LogP contribution in [0.4, 0.5) is 0 Å². The van der Waals surface area contributed by atoms with Gasteiger partial charge in [0.05, 0.1) is 0 Å². The molecule has 64 valence electrons. The first-order valence-corrected chi connectivity index (χ1v) is 4.37. The first kappa shape index (κ1) is 10.4. The molecule has 0 aromatic carbocycles. The molecule has 0 aliphatic rings. The van der Waals surface area contributed by atoms with Gasteiger partial charge in [0.1, 0.15) is 0 Å². The SMILES string of the molecule is C=CCC/C=C/CCCCN. The van der Waals surface area contributed by atoms with Gasteiger partial charge >= 0.3 is 0 Å². The molecule has 0 aliphatic carbocycles. The molecule has 0 atom stereocenters. The molecule has 1 heteroatoms. The van der Waals surface area contributed by atoms with Crippen molar-refractivity contribution in [2.45, 2.75) is 32.1 Å². The Kier molecular flexibility index (Phi) is 8.96. The van der Waals surface area contributed by atoms with Crippen molar-refractivity contribution in [1.82, 2.24) is 0 Å². The summed E-state index contributed by atoms with van der Waals surface area (Å²) in [6, 6.07) is 0. The van der Waals surface area contributed by atoms with E-state index in [1.807, 2.05) is 6.08 Å². The van der Waals surface area contributed by atoms with E-state index >= 15 is 0 Å². The zero-order valence-electron chi connectivity index (χ0n) is 7.26. The summed E-state index contributed by atoms with van der Waals surface area (Å²) in [6.07, 6.45) is 12.2. The van der Waals surface area contributed by atoms with Crippen LogP contribution in [0.15, 0.2) is 24.8 Å². The third kappa shape index (κ3) is 9.44. The maximum atomic E-state index is 5.35. The summed E-state index contributed by atoms with van der Waals surface area (Å²) in [5.41, 5.74) is 5.35. The Balaban J connectivity index is 2.97. The maximum Gasteiger partial charge on any atom is -0.00772 e. The Bertz CT molecular complexity index is 105. The van der Waals surface area contributed by atoms with E-state index < -0.39 is 0 Å². The van der Waals surface area contributed by atoms with Crippen LogP contribution in [0.5, 0.6) is 0 Å². The standard InChI is InChI=1S/C10H19N/c1-2-3-4-5-6-7-8-9-10-11/h2,5-6H,1,3-4,7-11H2/b6-5+. The molecule has 2 N–H and O–H groups in total. The van der Waals surface area contributed by atoms with Crippen molar-refractivity contribution < 1.29 is 0 Å². The minimum Gasteiger partial charge on any atom is -0.330 e. The molecule has 0 fully saturated rings. The average molecular weight is 153 g/mol. The van der Waals surface area contributed by atoms with Gasteiger partial charge in [0.2, 0.25) is 0 Å². The third-order valence-corrected chi connectivity index (χ3v) is 1.53. The van der Waals surface area contributed by atoms with Crippen LogP contribution in [0, 0.1) is 0 Å². The van der Waals surface area contributed by atoms with E-state index in [0.717, 1.165) is 25.8 Å². The van der Waals surface area contributed by atoms with Crippen LogP contribution < -0.4 is 5.73 Å². The van der Waals surface area contributed by atoms with E-state index in [0.29, 0.717) is 0 Å². The highest BCUT2D eigenvalue weighted by Gasteiger charge is 1.80. The molecule has 0 aliphatic heterocycles. The van der Waals surface area contributed by atoms with Gasteiger partial charge in [-0.1, -0.05) is 18.2 Å². The van der Waals surface area contributed by atoms with Crippen molar-refractivity contribution in [3.05, 3.63) is 24.8 Å². The van der Waals surface area contributed by atoms with Gasteiger partial charge in [-0.25, -0.2) is 0 Å². The highest BCUT2D eigenvalue weighted by Crippen LogP contribution is 1.97. The Morgan fingerprint density at radius 3 is 2.36 bits per heavy atom. The molecule has 0 unspecified atom stereocenters. The van der Waals surface area contributed by atoms with Gasteiger partial charge in [-0.2, -0.15) is 0 Å². The van der Waals surface area contributed by atoms with Gasteiger partial charge in [-0.05, 0) is 38.6 Å². The van der Waals surface area contributed by atoms with E-state index in [1.54, 1.807) is 0 Å². The molecule has 0 rings (SSSR count). The van der Waals surface area contributed by atoms with Crippen molar-refractivity contribution in [2.75, 3.05) is 6.54 Å². The highest BCUT2D eigenvalue weighted by molar-refractivity contribution is 4.84. The van der Waals surface area contributed by atoms with Crippen LogP contribution in [0.1, 0.15) is 32.1 Å². The second-order valence-corrected chi connectivity index (χ2v) is 2.62. The molecular formula is C10H19N. The first-order valence-electron chi connectivity index (χ1n) is 4.37. The second kappa shape index (κ2) is 9.44. The van der Waals surface area contributed by atoms with Gasteiger partial charge in [-0.15, -0.1) is 6.58 Å². The smallest absolute Gasteiger partial charge is 0.00772 e. The molecule has 0 bridgehead atoms. The van der Waals surface area contributed by atoms with Crippen molar-refractivity contribution in [3.8, 4) is 0 Å². The predicted octanol–water partition coefficient (Wildman–Crippen LogP) is 2.64. The van der Waals surface area contributed by atoms with Gasteiger partial charge in [0.25, 0.3) is 0 Å². The Hall–Kier alpha value is -0.560. The lowest BCUT2D eigenvalue weighted by Crippen LogP contribution is -1.96. The van der Waals surface area contributed by atoms with E-state index in [4.69, 9.17) is 5.73 Å². The van der Waals surface area contributed by atoms with Crippen molar-refractivity contribution >= 4 is 0 Å². The maximum absolute atomic E-state index is 5.35. The summed E-state index contributed by atoms with van der Waals surface area (Å²) in [4.78, 5) is 0. The topological polar surface area (TPSA) is 26.0 Å². The molecule has 1 nitrogen and oxygen atoms in total. The summed E-state index contributed by atoms with van der Waals surface area (Å²) in [6.45, 7) is 4.48. The zero-order valence-corrected chi connectivity index (χ0v) is 7.26. The fourth-order valence-corrected chi connectivity index (χ4v) is 0.856. The number of hydrogen-bond acceptors (Lipinski definition) is 1. The fraction of sp³-hybridized carbons (Fsp3) is 0.600. The van der Waals surface area contributed by atoms with Crippen molar-refractivity contribution in [1.29, 1.82) is 0 Å². The largest absolute Gasteiger partial charge is 0.330 e. The molecule has 0 saturated carbocycles. The second-order valence-electron chi connectivity index (χ2n) is 2.62. The minimum absolute atomic E-state index is 0.820. The fourth-order valence-electron chi connectivity index (χ4n) is 0.856. The monoisotopic (exact) mass is 153 g/mol. The van der Waals surface area contributed by atoms with Crippen molar-refractivity contribution in [3.63, 3.8) is 0 Å². The van der Waals surface area contributed by atoms with Crippen LogP contribution in [0.3, 0.4) is 0 Å². The summed E-state index contributed by atoms with van der Waals surface area (Å²) < 4.78 is 0. The van der Waals surface area contributed by atoms with E-state index in [-0.39, 0.29) is 0 Å². The lowest BCUT2D eigenvalue weighted by Gasteiger charge is -1.91. The lowest BCUT2D eigenvalue weighted by molar-refractivity contribution is 0.757. The normalized spacial score (nSPS) is 10.6. The van der Waals surface area contributed by atoms with Crippen LogP contribution in [-0.2, 0) is 0 Å². The number of hydrogen-bond donors (Lipinski definition) is 1. The molecular weight excluding hydrogens is 134 g/mol. The molecule has 0 saturated heterocycles. The lowest BCUT2D eigenvalue weighted by atomic mass is 10.2. The molecule has 0 aromatic rings. The Morgan fingerprint density at radius 1 is 1.00 bits per heavy atom. The molecule has 0 amide bonds. The van der Waals surface area contributed by atoms with Gasteiger partial charge in [-0.3, -0.25) is 0 Å². The minimum atomic E-state index is 0.820. The summed E-state index contributed by atoms with van der Waals surface area (Å²) >= 11 is 0. The molecule has 0 heterocycles. The van der Waals surface area contributed by atoms with Crippen LogP contribution in [-0.4, -0.2) is 6.54 Å². The summed E-state index contributed by atoms with van der Waals surface area (Å²) in [5.74, 6) is 0. The van der Waals surface area contributed by atoms with Gasteiger partial charge < -0.3 is 5.73 Å². The first-order chi connectivity index (χ1) is 5.41. The van der Waals surface area contributed by atoms with E-state index in [1.165, 1.54) is 12.8 Å². The molecule has 11 heavy (non-hydrogen) atoms. The number of rotatable bonds is 7. The molecule has 0 radical (unpaired) electrons. The van der Waals surface area contributed by atoms with Crippen molar-refractivity contribution in [2.24, 2.45) is 5.73 Å².